The summed E-state index contributed by atoms with van der Waals surface area (Å²) in [5.41, 5.74) is 2.78. The largest absolute Gasteiger partial charge is 0.486 e. The van der Waals surface area contributed by atoms with Gasteiger partial charge in [-0.15, -0.1) is 12.4 Å². The molecular weight excluding hydrogens is 474 g/mol. The molecule has 0 saturated carbocycles. The zero-order valence-electron chi connectivity index (χ0n) is 19.3. The zero-order chi connectivity index (χ0) is 22.6. The van der Waals surface area contributed by atoms with Crippen LogP contribution in [0.5, 0.6) is 11.5 Å². The number of benzene rings is 2. The van der Waals surface area contributed by atoms with Gasteiger partial charge >= 0.3 is 0 Å². The summed E-state index contributed by atoms with van der Waals surface area (Å²) in [6, 6.07) is 11.7. The Kier molecular flexibility index (Phi) is 8.26. The summed E-state index contributed by atoms with van der Waals surface area (Å²) in [4.78, 5) is 22.8. The van der Waals surface area contributed by atoms with E-state index < -0.39 is 0 Å². The van der Waals surface area contributed by atoms with E-state index in [0.29, 0.717) is 36.8 Å². The third-order valence-electron chi connectivity index (χ3n) is 6.10. The molecule has 2 aliphatic heterocycles. The Labute approximate surface area is 210 Å². The summed E-state index contributed by atoms with van der Waals surface area (Å²) in [5.74, 6) is 1.24. The molecule has 1 amide bonds. The molecule has 182 valence electrons. The third kappa shape index (κ3) is 5.30. The predicted molar refractivity (Wildman–Crippen MR) is 137 cm³/mol. The molecule has 0 unspecified atom stereocenters. The van der Waals surface area contributed by atoms with E-state index in [-0.39, 0.29) is 18.3 Å². The summed E-state index contributed by atoms with van der Waals surface area (Å²) in [7, 11) is 0. The van der Waals surface area contributed by atoms with Crippen molar-refractivity contribution in [1.82, 2.24) is 9.88 Å². The van der Waals surface area contributed by atoms with Crippen LogP contribution in [0.15, 0.2) is 36.4 Å². The lowest BCUT2D eigenvalue weighted by Gasteiger charge is -2.28. The number of morpholine rings is 1. The van der Waals surface area contributed by atoms with Crippen molar-refractivity contribution in [2.45, 2.75) is 19.8 Å². The maximum atomic E-state index is 13.7. The van der Waals surface area contributed by atoms with Crippen LogP contribution in [-0.2, 0) is 11.2 Å². The fraction of sp³-hybridized carbons (Fsp3) is 0.440. The van der Waals surface area contributed by atoms with Crippen molar-refractivity contribution in [3.8, 4) is 11.5 Å². The Morgan fingerprint density at radius 3 is 2.68 bits per heavy atom. The van der Waals surface area contributed by atoms with Crippen LogP contribution in [0.2, 0.25) is 0 Å². The van der Waals surface area contributed by atoms with Gasteiger partial charge in [-0.2, -0.15) is 0 Å². The van der Waals surface area contributed by atoms with E-state index in [9.17, 15) is 4.79 Å². The predicted octanol–water partition coefficient (Wildman–Crippen LogP) is 4.42. The topological polar surface area (TPSA) is 64.1 Å². The number of para-hydroxylation sites is 1. The number of thiazole rings is 1. The van der Waals surface area contributed by atoms with Crippen molar-refractivity contribution in [2.24, 2.45) is 0 Å². The number of aromatic nitrogens is 1. The van der Waals surface area contributed by atoms with Gasteiger partial charge in [0.15, 0.2) is 16.6 Å². The van der Waals surface area contributed by atoms with Gasteiger partial charge in [0.05, 0.1) is 23.4 Å². The molecule has 34 heavy (non-hydrogen) atoms. The molecule has 0 N–H and O–H groups in total. The van der Waals surface area contributed by atoms with Crippen molar-refractivity contribution in [3.63, 3.8) is 0 Å². The van der Waals surface area contributed by atoms with Crippen molar-refractivity contribution >= 4 is 45.0 Å². The molecule has 0 spiro atoms. The number of hydrogen-bond donors (Lipinski definition) is 0. The van der Waals surface area contributed by atoms with Gasteiger partial charge in [0.1, 0.15) is 13.2 Å². The van der Waals surface area contributed by atoms with Crippen molar-refractivity contribution < 1.29 is 19.0 Å². The van der Waals surface area contributed by atoms with Gasteiger partial charge in [-0.1, -0.05) is 30.4 Å². The minimum atomic E-state index is -0.0638. The number of nitrogens with zero attached hydrogens (tertiary/aromatic N) is 3. The molecule has 5 rings (SSSR count). The quantitative estimate of drug-likeness (QED) is 0.475. The summed E-state index contributed by atoms with van der Waals surface area (Å²) >= 11 is 1.58. The number of ether oxygens (including phenoxy) is 3. The number of carbonyl (C=O) groups excluding carboxylic acids is 1. The maximum Gasteiger partial charge on any atom is 0.260 e. The van der Waals surface area contributed by atoms with Crippen molar-refractivity contribution in [1.29, 1.82) is 0 Å². The second-order valence-electron chi connectivity index (χ2n) is 8.24. The molecule has 0 atom stereocenters. The molecule has 3 aromatic rings. The van der Waals surface area contributed by atoms with Crippen LogP contribution in [-0.4, -0.2) is 68.4 Å². The molecule has 7 nitrogen and oxygen atoms in total. The Balaban J connectivity index is 0.00000274. The van der Waals surface area contributed by atoms with Crippen LogP contribution in [0.4, 0.5) is 5.13 Å². The smallest absolute Gasteiger partial charge is 0.260 e. The standard InChI is InChI=1S/C25H29N3O4S.ClH/c1-2-18-5-3-6-22-23(18)26-25(33-22)28(10-4-9-27-11-13-30-14-12-27)24(29)19-7-8-20-21(17-19)32-16-15-31-20;/h3,5-8,17H,2,4,9-16H2,1H3;1H. The number of hydrogen-bond acceptors (Lipinski definition) is 7. The van der Waals surface area contributed by atoms with Gasteiger partial charge in [-0.05, 0) is 42.7 Å². The van der Waals surface area contributed by atoms with Gasteiger partial charge in [-0.25, -0.2) is 4.98 Å². The molecule has 9 heteroatoms. The van der Waals surface area contributed by atoms with E-state index in [1.54, 1.807) is 17.4 Å². The van der Waals surface area contributed by atoms with Crippen LogP contribution in [0.3, 0.4) is 0 Å². The number of anilines is 1. The lowest BCUT2D eigenvalue weighted by atomic mass is 10.1. The first-order valence-corrected chi connectivity index (χ1v) is 12.4. The number of rotatable bonds is 7. The Hall–Kier alpha value is -2.39. The number of aryl methyl sites for hydroxylation is 1. The van der Waals surface area contributed by atoms with Gasteiger partial charge in [0, 0.05) is 31.7 Å². The van der Waals surface area contributed by atoms with Crippen LogP contribution in [0, 0.1) is 0 Å². The van der Waals surface area contributed by atoms with Crippen molar-refractivity contribution in [3.05, 3.63) is 47.5 Å². The van der Waals surface area contributed by atoms with Gasteiger partial charge in [0.25, 0.3) is 5.91 Å². The molecular formula is C25H30ClN3O4S. The minimum absolute atomic E-state index is 0. The summed E-state index contributed by atoms with van der Waals surface area (Å²) in [6.07, 6.45) is 1.78. The second kappa shape index (κ2) is 11.4. The van der Waals surface area contributed by atoms with Crippen LogP contribution < -0.4 is 14.4 Å². The Morgan fingerprint density at radius 2 is 1.88 bits per heavy atom. The molecule has 1 saturated heterocycles. The third-order valence-corrected chi connectivity index (χ3v) is 7.14. The van der Waals surface area contributed by atoms with Crippen molar-refractivity contribution in [2.75, 3.05) is 57.5 Å². The number of fused-ring (bicyclic) bond motifs is 2. The highest BCUT2D eigenvalue weighted by molar-refractivity contribution is 7.22. The molecule has 2 aromatic carbocycles. The minimum Gasteiger partial charge on any atom is -0.486 e. The number of amides is 1. The normalized spacial score (nSPS) is 15.7. The highest BCUT2D eigenvalue weighted by Gasteiger charge is 2.24. The molecule has 2 aliphatic rings. The van der Waals surface area contributed by atoms with E-state index in [2.05, 4.69) is 30.0 Å². The summed E-state index contributed by atoms with van der Waals surface area (Å²) in [6.45, 7) is 8.12. The average Bonchev–Trinajstić information content (AvgIpc) is 3.30. The Bertz CT molecular complexity index is 1130. The van der Waals surface area contributed by atoms with E-state index in [0.717, 1.165) is 61.0 Å². The van der Waals surface area contributed by atoms with E-state index in [4.69, 9.17) is 19.2 Å². The monoisotopic (exact) mass is 503 g/mol. The molecule has 0 bridgehead atoms. The molecule has 0 aliphatic carbocycles. The number of halogens is 1. The van der Waals surface area contributed by atoms with Gasteiger partial charge in [0.2, 0.25) is 0 Å². The molecule has 3 heterocycles. The Morgan fingerprint density at radius 1 is 1.09 bits per heavy atom. The van der Waals surface area contributed by atoms with E-state index >= 15 is 0 Å². The van der Waals surface area contributed by atoms with E-state index in [1.807, 2.05) is 17.0 Å². The van der Waals surface area contributed by atoms with Gasteiger partial charge < -0.3 is 14.2 Å². The fourth-order valence-corrected chi connectivity index (χ4v) is 5.33. The first kappa shape index (κ1) is 24.7. The van der Waals surface area contributed by atoms with Crippen LogP contribution in [0.25, 0.3) is 10.2 Å². The highest BCUT2D eigenvalue weighted by Crippen LogP contribution is 2.34. The molecule has 1 fully saturated rings. The second-order valence-corrected chi connectivity index (χ2v) is 9.25. The first-order chi connectivity index (χ1) is 16.2. The molecule has 1 aromatic heterocycles. The zero-order valence-corrected chi connectivity index (χ0v) is 21.0. The lowest BCUT2D eigenvalue weighted by molar-refractivity contribution is 0.0376. The van der Waals surface area contributed by atoms with Crippen LogP contribution in [0.1, 0.15) is 29.3 Å². The highest BCUT2D eigenvalue weighted by atomic mass is 35.5. The maximum absolute atomic E-state index is 13.7. The summed E-state index contributed by atoms with van der Waals surface area (Å²) < 4.78 is 17.9. The first-order valence-electron chi connectivity index (χ1n) is 11.6. The average molecular weight is 504 g/mol. The number of carbonyl (C=O) groups is 1. The SMILES string of the molecule is CCc1cccc2sc(N(CCCN3CCOCC3)C(=O)c3ccc4c(c3)OCCO4)nc12.Cl. The summed E-state index contributed by atoms with van der Waals surface area (Å²) in [5, 5.41) is 0.743. The van der Waals surface area contributed by atoms with Gasteiger partial charge in [-0.3, -0.25) is 14.6 Å². The van der Waals surface area contributed by atoms with E-state index in [1.165, 1.54) is 5.56 Å². The lowest BCUT2D eigenvalue weighted by Crippen LogP contribution is -2.39. The fourth-order valence-electron chi connectivity index (χ4n) is 4.29. The van der Waals surface area contributed by atoms with Crippen LogP contribution >= 0.6 is 23.7 Å². The molecule has 0 radical (unpaired) electrons.